The van der Waals surface area contributed by atoms with E-state index in [-0.39, 0.29) is 12.6 Å². The van der Waals surface area contributed by atoms with Gasteiger partial charge in [-0.05, 0) is 41.3 Å². The summed E-state index contributed by atoms with van der Waals surface area (Å²) < 4.78 is 17.3. The first-order chi connectivity index (χ1) is 15.2. The smallest absolute Gasteiger partial charge is 0.283 e. The molecule has 1 spiro atoms. The van der Waals surface area contributed by atoms with Crippen LogP contribution in [0.3, 0.4) is 0 Å². The van der Waals surface area contributed by atoms with Gasteiger partial charge in [0, 0.05) is 29.7 Å². The molecule has 3 aliphatic heterocycles. The van der Waals surface area contributed by atoms with Gasteiger partial charge in [0.05, 0.1) is 18.8 Å². The fourth-order valence-corrected chi connectivity index (χ4v) is 4.32. The van der Waals surface area contributed by atoms with Gasteiger partial charge in [-0.2, -0.15) is 0 Å². The molecule has 2 N–H and O–H groups in total. The van der Waals surface area contributed by atoms with E-state index < -0.39 is 5.54 Å². The summed E-state index contributed by atoms with van der Waals surface area (Å²) in [5.74, 6) is 1.20. The van der Waals surface area contributed by atoms with Crippen molar-refractivity contribution in [2.75, 3.05) is 19.8 Å². The highest BCUT2D eigenvalue weighted by Crippen LogP contribution is 2.51. The van der Waals surface area contributed by atoms with Crippen LogP contribution in [0.15, 0.2) is 60.3 Å². The number of rotatable bonds is 2. The van der Waals surface area contributed by atoms with Crippen LogP contribution in [0, 0.1) is 0 Å². The van der Waals surface area contributed by atoms with Crippen molar-refractivity contribution in [1.29, 1.82) is 0 Å². The third kappa shape index (κ3) is 2.87. The van der Waals surface area contributed by atoms with Gasteiger partial charge in [-0.1, -0.05) is 12.1 Å². The number of pyridine rings is 1. The SMILES string of the molecule is NC1=NC2(CO1)c1cc(-c3cncnc3)ccc1Oc1ncc(C3=CCOCC3)cc12. The number of ether oxygens (including phenoxy) is 3. The molecule has 5 heterocycles. The first kappa shape index (κ1) is 18.0. The molecule has 2 aromatic heterocycles. The zero-order valence-electron chi connectivity index (χ0n) is 16.6. The molecular weight excluding hydrogens is 394 g/mol. The predicted octanol–water partition coefficient (Wildman–Crippen LogP) is 3.04. The molecule has 0 aliphatic carbocycles. The van der Waals surface area contributed by atoms with Gasteiger partial charge < -0.3 is 19.9 Å². The highest BCUT2D eigenvalue weighted by molar-refractivity contribution is 5.78. The Labute approximate surface area is 178 Å². The number of amidine groups is 1. The van der Waals surface area contributed by atoms with Crippen molar-refractivity contribution in [2.45, 2.75) is 12.0 Å². The summed E-state index contributed by atoms with van der Waals surface area (Å²) in [5, 5.41) is 0. The normalized spacial score (nSPS) is 21.4. The second-order valence-corrected chi connectivity index (χ2v) is 7.67. The van der Waals surface area contributed by atoms with Crippen LogP contribution in [-0.2, 0) is 15.0 Å². The van der Waals surface area contributed by atoms with Crippen LogP contribution < -0.4 is 10.5 Å². The van der Waals surface area contributed by atoms with E-state index in [1.165, 1.54) is 11.9 Å². The van der Waals surface area contributed by atoms with Crippen LogP contribution in [0.4, 0.5) is 0 Å². The first-order valence-corrected chi connectivity index (χ1v) is 10.1. The Balaban J connectivity index is 1.53. The molecule has 6 rings (SSSR count). The molecule has 8 heteroatoms. The zero-order chi connectivity index (χ0) is 20.8. The average molecular weight is 413 g/mol. The van der Waals surface area contributed by atoms with Crippen molar-refractivity contribution < 1.29 is 14.2 Å². The zero-order valence-corrected chi connectivity index (χ0v) is 16.6. The van der Waals surface area contributed by atoms with Crippen LogP contribution >= 0.6 is 0 Å². The van der Waals surface area contributed by atoms with Gasteiger partial charge in [0.25, 0.3) is 6.02 Å². The molecule has 0 fully saturated rings. The van der Waals surface area contributed by atoms with E-state index in [1.807, 2.05) is 24.4 Å². The number of hydrogen-bond donors (Lipinski definition) is 1. The Bertz CT molecular complexity index is 1240. The van der Waals surface area contributed by atoms with Crippen LogP contribution in [0.2, 0.25) is 0 Å². The first-order valence-electron chi connectivity index (χ1n) is 10.1. The Morgan fingerprint density at radius 1 is 0.968 bits per heavy atom. The van der Waals surface area contributed by atoms with Gasteiger partial charge in [0.15, 0.2) is 5.54 Å². The molecule has 1 aromatic carbocycles. The lowest BCUT2D eigenvalue weighted by atomic mass is 9.80. The van der Waals surface area contributed by atoms with Crippen molar-refractivity contribution in [2.24, 2.45) is 10.7 Å². The van der Waals surface area contributed by atoms with Crippen molar-refractivity contribution >= 4 is 11.6 Å². The minimum absolute atomic E-state index is 0.155. The van der Waals surface area contributed by atoms with Crippen molar-refractivity contribution in [3.8, 4) is 22.8 Å². The standard InChI is InChI=1S/C23H19N5O3/c24-22-28-23(12-30-22)18-7-15(17-9-25-13-26-10-17)1-2-20(18)31-21-19(23)8-16(11-27-21)14-3-5-29-6-4-14/h1-3,7-11,13H,4-6,12H2,(H2,24,28). The number of fused-ring (bicyclic) bond motifs is 4. The number of nitrogens with zero attached hydrogens (tertiary/aromatic N) is 4. The van der Waals surface area contributed by atoms with E-state index in [1.54, 1.807) is 12.4 Å². The van der Waals surface area contributed by atoms with Crippen molar-refractivity contribution in [1.82, 2.24) is 15.0 Å². The largest absolute Gasteiger partial charge is 0.462 e. The molecule has 0 radical (unpaired) electrons. The minimum Gasteiger partial charge on any atom is -0.462 e. The van der Waals surface area contributed by atoms with Crippen molar-refractivity contribution in [3.63, 3.8) is 0 Å². The Morgan fingerprint density at radius 2 is 1.84 bits per heavy atom. The molecule has 154 valence electrons. The lowest BCUT2D eigenvalue weighted by Gasteiger charge is -2.33. The molecule has 0 saturated heterocycles. The summed E-state index contributed by atoms with van der Waals surface area (Å²) in [6.45, 7) is 1.59. The molecule has 3 aliphatic rings. The summed E-state index contributed by atoms with van der Waals surface area (Å²) in [4.78, 5) is 17.7. The lowest BCUT2D eigenvalue weighted by molar-refractivity contribution is 0.161. The van der Waals surface area contributed by atoms with Crippen LogP contribution in [0.25, 0.3) is 16.7 Å². The molecule has 8 nitrogen and oxygen atoms in total. The molecular formula is C23H19N5O3. The third-order valence-electron chi connectivity index (χ3n) is 5.89. The topological polar surface area (TPSA) is 105 Å². The van der Waals surface area contributed by atoms with E-state index in [0.717, 1.165) is 34.2 Å². The van der Waals surface area contributed by atoms with Crippen LogP contribution in [-0.4, -0.2) is 40.8 Å². The summed E-state index contributed by atoms with van der Waals surface area (Å²) in [7, 11) is 0. The summed E-state index contributed by atoms with van der Waals surface area (Å²) in [6.07, 6.45) is 9.83. The molecule has 1 atom stereocenters. The number of benzene rings is 1. The maximum atomic E-state index is 6.18. The molecule has 31 heavy (non-hydrogen) atoms. The summed E-state index contributed by atoms with van der Waals surface area (Å²) in [5.41, 5.74) is 11.0. The average Bonchev–Trinajstić information content (AvgIpc) is 3.22. The molecule has 0 saturated carbocycles. The quantitative estimate of drug-likeness (QED) is 0.688. The number of aliphatic imine (C=N–C) groups is 1. The maximum absolute atomic E-state index is 6.18. The number of hydrogen-bond acceptors (Lipinski definition) is 8. The van der Waals surface area contributed by atoms with E-state index in [9.17, 15) is 0 Å². The minimum atomic E-state index is -0.826. The van der Waals surface area contributed by atoms with Gasteiger partial charge in [-0.15, -0.1) is 0 Å². The molecule has 1 unspecified atom stereocenters. The van der Waals surface area contributed by atoms with Crippen LogP contribution in [0.1, 0.15) is 23.1 Å². The van der Waals surface area contributed by atoms with Gasteiger partial charge in [0.1, 0.15) is 18.7 Å². The van der Waals surface area contributed by atoms with Gasteiger partial charge in [-0.25, -0.2) is 19.9 Å². The fourth-order valence-electron chi connectivity index (χ4n) is 4.32. The predicted molar refractivity (Wildman–Crippen MR) is 114 cm³/mol. The third-order valence-corrected chi connectivity index (χ3v) is 5.89. The lowest BCUT2D eigenvalue weighted by Crippen LogP contribution is -2.31. The molecule has 0 amide bonds. The Kier molecular flexibility index (Phi) is 4.00. The summed E-state index contributed by atoms with van der Waals surface area (Å²) in [6, 6.07) is 8.18. The molecule has 0 bridgehead atoms. The number of aromatic nitrogens is 3. The number of nitrogens with two attached hydrogens (primary N) is 1. The van der Waals surface area contributed by atoms with Crippen molar-refractivity contribution in [3.05, 3.63) is 71.9 Å². The fraction of sp³-hybridized carbons (Fsp3) is 0.217. The van der Waals surface area contributed by atoms with Crippen LogP contribution in [0.5, 0.6) is 11.6 Å². The summed E-state index contributed by atoms with van der Waals surface area (Å²) >= 11 is 0. The maximum Gasteiger partial charge on any atom is 0.283 e. The highest BCUT2D eigenvalue weighted by atomic mass is 16.5. The van der Waals surface area contributed by atoms with Gasteiger partial charge in [-0.3, -0.25) is 0 Å². The van der Waals surface area contributed by atoms with E-state index in [0.29, 0.717) is 24.8 Å². The van der Waals surface area contributed by atoms with E-state index in [4.69, 9.17) is 24.9 Å². The second kappa shape index (κ2) is 6.88. The van der Waals surface area contributed by atoms with Gasteiger partial charge >= 0.3 is 0 Å². The van der Waals surface area contributed by atoms with E-state index in [2.05, 4.69) is 27.1 Å². The van der Waals surface area contributed by atoms with E-state index >= 15 is 0 Å². The Hall–Kier alpha value is -3.78. The second-order valence-electron chi connectivity index (χ2n) is 7.67. The monoisotopic (exact) mass is 413 g/mol. The van der Waals surface area contributed by atoms with Gasteiger partial charge in [0.2, 0.25) is 5.88 Å². The Morgan fingerprint density at radius 3 is 2.61 bits per heavy atom. The molecule has 3 aromatic rings. The highest BCUT2D eigenvalue weighted by Gasteiger charge is 2.48.